The van der Waals surface area contributed by atoms with Gasteiger partial charge in [0.1, 0.15) is 5.82 Å². The Morgan fingerprint density at radius 2 is 2.04 bits per heavy atom. The quantitative estimate of drug-likeness (QED) is 0.396. The van der Waals surface area contributed by atoms with E-state index in [4.69, 9.17) is 0 Å². The third kappa shape index (κ3) is 3.60. The number of non-ortho nitro benzene ring substituents is 1. The molecule has 0 aliphatic carbocycles. The first-order chi connectivity index (χ1) is 12.5. The maximum absolute atomic E-state index is 14.0. The Morgan fingerprint density at radius 3 is 2.69 bits per heavy atom. The standard InChI is InChI=1S/C18H14FN3O3S/c1-2-21-17-14(19)4-3-5-15(17)26-18(21)20-16(23)11-8-12-6-9-13(10-7-12)22(24)25/h3-11H,2H2,1H3. The molecule has 0 radical (unpaired) electrons. The highest BCUT2D eigenvalue weighted by Gasteiger charge is 2.10. The molecule has 3 rings (SSSR count). The largest absolute Gasteiger partial charge is 0.314 e. The first-order valence-electron chi connectivity index (χ1n) is 7.78. The summed E-state index contributed by atoms with van der Waals surface area (Å²) in [5.41, 5.74) is 1.06. The molecule has 0 spiro atoms. The van der Waals surface area contributed by atoms with Crippen LogP contribution in [0.4, 0.5) is 10.1 Å². The lowest BCUT2D eigenvalue weighted by Gasteiger charge is -2.00. The number of fused-ring (bicyclic) bond motifs is 1. The van der Waals surface area contributed by atoms with Gasteiger partial charge in [-0.1, -0.05) is 17.4 Å². The highest BCUT2D eigenvalue weighted by molar-refractivity contribution is 7.16. The highest BCUT2D eigenvalue weighted by atomic mass is 32.1. The van der Waals surface area contributed by atoms with Gasteiger partial charge in [0.2, 0.25) is 0 Å². The lowest BCUT2D eigenvalue weighted by atomic mass is 10.2. The number of amides is 1. The number of nitro benzene ring substituents is 1. The third-order valence-corrected chi connectivity index (χ3v) is 4.74. The van der Waals surface area contributed by atoms with E-state index >= 15 is 0 Å². The number of aryl methyl sites for hydroxylation is 1. The van der Waals surface area contributed by atoms with E-state index in [1.807, 2.05) is 6.92 Å². The van der Waals surface area contributed by atoms with Crippen LogP contribution in [0.3, 0.4) is 0 Å². The van der Waals surface area contributed by atoms with Crippen LogP contribution in [0.2, 0.25) is 0 Å². The van der Waals surface area contributed by atoms with Crippen molar-refractivity contribution < 1.29 is 14.1 Å². The average molecular weight is 371 g/mol. The summed E-state index contributed by atoms with van der Waals surface area (Å²) in [5.74, 6) is -0.839. The van der Waals surface area contributed by atoms with Crippen LogP contribution in [-0.2, 0) is 11.3 Å². The van der Waals surface area contributed by atoms with Gasteiger partial charge in [0.15, 0.2) is 4.80 Å². The van der Waals surface area contributed by atoms with Crippen molar-refractivity contribution in [1.82, 2.24) is 4.57 Å². The monoisotopic (exact) mass is 371 g/mol. The summed E-state index contributed by atoms with van der Waals surface area (Å²) in [6, 6.07) is 10.6. The van der Waals surface area contributed by atoms with Gasteiger partial charge in [-0.25, -0.2) is 4.39 Å². The first kappa shape index (κ1) is 17.7. The first-order valence-corrected chi connectivity index (χ1v) is 8.60. The zero-order valence-corrected chi connectivity index (χ0v) is 14.6. The summed E-state index contributed by atoms with van der Waals surface area (Å²) >= 11 is 1.24. The summed E-state index contributed by atoms with van der Waals surface area (Å²) in [6.45, 7) is 2.34. The molecule has 0 aliphatic rings. The van der Waals surface area contributed by atoms with Crippen molar-refractivity contribution in [3.8, 4) is 0 Å². The van der Waals surface area contributed by atoms with Gasteiger partial charge in [-0.05, 0) is 42.8 Å². The maximum Gasteiger partial charge on any atom is 0.272 e. The maximum atomic E-state index is 14.0. The minimum Gasteiger partial charge on any atom is -0.314 e. The molecule has 1 aromatic heterocycles. The number of halogens is 1. The molecule has 0 aliphatic heterocycles. The second-order valence-electron chi connectivity index (χ2n) is 5.35. The van der Waals surface area contributed by atoms with Crippen molar-refractivity contribution >= 4 is 39.2 Å². The van der Waals surface area contributed by atoms with E-state index in [2.05, 4.69) is 4.99 Å². The van der Waals surface area contributed by atoms with Crippen molar-refractivity contribution in [3.05, 3.63) is 74.8 Å². The van der Waals surface area contributed by atoms with Crippen LogP contribution in [-0.4, -0.2) is 15.4 Å². The Bertz CT molecular complexity index is 1080. The number of thiazole rings is 1. The van der Waals surface area contributed by atoms with Gasteiger partial charge in [0.05, 0.1) is 15.1 Å². The molecule has 0 saturated heterocycles. The Kier molecular flexibility index (Phi) is 5.04. The molecule has 3 aromatic rings. The number of nitrogens with zero attached hydrogens (tertiary/aromatic N) is 3. The Morgan fingerprint density at radius 1 is 1.31 bits per heavy atom. The van der Waals surface area contributed by atoms with Crippen molar-refractivity contribution in [1.29, 1.82) is 0 Å². The molecule has 0 bridgehead atoms. The molecule has 0 atom stereocenters. The molecule has 2 aromatic carbocycles. The SMILES string of the molecule is CCn1c(=NC(=O)C=Cc2ccc([N+](=O)[O-])cc2)sc2cccc(F)c21. The highest BCUT2D eigenvalue weighted by Crippen LogP contribution is 2.20. The summed E-state index contributed by atoms with van der Waals surface area (Å²) in [6.07, 6.45) is 2.81. The van der Waals surface area contributed by atoms with E-state index in [1.165, 1.54) is 41.7 Å². The molecule has 8 heteroatoms. The number of benzene rings is 2. The van der Waals surface area contributed by atoms with Crippen LogP contribution in [0.5, 0.6) is 0 Å². The predicted octanol–water partition coefficient (Wildman–Crippen LogP) is 3.91. The lowest BCUT2D eigenvalue weighted by molar-refractivity contribution is -0.384. The second kappa shape index (κ2) is 7.40. The molecule has 0 saturated carbocycles. The summed E-state index contributed by atoms with van der Waals surface area (Å²) in [7, 11) is 0. The number of para-hydroxylation sites is 1. The molecule has 0 fully saturated rings. The Labute approximate surface area is 151 Å². The van der Waals surface area contributed by atoms with E-state index in [9.17, 15) is 19.3 Å². The summed E-state index contributed by atoms with van der Waals surface area (Å²) < 4.78 is 16.4. The van der Waals surface area contributed by atoms with Gasteiger partial charge >= 0.3 is 0 Å². The molecule has 132 valence electrons. The number of nitro groups is 1. The number of hydrogen-bond acceptors (Lipinski definition) is 4. The van der Waals surface area contributed by atoms with Crippen LogP contribution in [0.1, 0.15) is 12.5 Å². The van der Waals surface area contributed by atoms with Crippen molar-refractivity contribution in [2.45, 2.75) is 13.5 Å². The number of hydrogen-bond donors (Lipinski definition) is 0. The molecule has 1 amide bonds. The summed E-state index contributed by atoms with van der Waals surface area (Å²) in [5, 5.41) is 10.6. The van der Waals surface area contributed by atoms with E-state index in [0.29, 0.717) is 22.4 Å². The molecule has 1 heterocycles. The van der Waals surface area contributed by atoms with Crippen LogP contribution in [0, 0.1) is 15.9 Å². The topological polar surface area (TPSA) is 77.5 Å². The fourth-order valence-electron chi connectivity index (χ4n) is 2.47. The summed E-state index contributed by atoms with van der Waals surface area (Å²) in [4.78, 5) is 26.7. The normalized spacial score (nSPS) is 12.2. The Balaban J connectivity index is 1.90. The Hall–Kier alpha value is -3.13. The van der Waals surface area contributed by atoms with E-state index in [1.54, 1.807) is 28.8 Å². The molecule has 26 heavy (non-hydrogen) atoms. The van der Waals surface area contributed by atoms with E-state index in [-0.39, 0.29) is 11.5 Å². The van der Waals surface area contributed by atoms with Gasteiger partial charge in [0, 0.05) is 24.8 Å². The van der Waals surface area contributed by atoms with E-state index in [0.717, 1.165) is 4.70 Å². The van der Waals surface area contributed by atoms with Gasteiger partial charge in [-0.3, -0.25) is 14.9 Å². The fourth-order valence-corrected chi connectivity index (χ4v) is 3.59. The third-order valence-electron chi connectivity index (χ3n) is 3.70. The number of rotatable bonds is 4. The van der Waals surface area contributed by atoms with Crippen molar-refractivity contribution in [2.24, 2.45) is 4.99 Å². The molecule has 0 unspecified atom stereocenters. The zero-order valence-electron chi connectivity index (χ0n) is 13.8. The van der Waals surface area contributed by atoms with Crippen LogP contribution < -0.4 is 4.80 Å². The van der Waals surface area contributed by atoms with Gasteiger partial charge in [0.25, 0.3) is 11.6 Å². The van der Waals surface area contributed by atoms with Crippen molar-refractivity contribution in [2.75, 3.05) is 0 Å². The van der Waals surface area contributed by atoms with Crippen LogP contribution >= 0.6 is 11.3 Å². The van der Waals surface area contributed by atoms with Crippen LogP contribution in [0.15, 0.2) is 53.5 Å². The van der Waals surface area contributed by atoms with Gasteiger partial charge in [-0.2, -0.15) is 4.99 Å². The van der Waals surface area contributed by atoms with Crippen LogP contribution in [0.25, 0.3) is 16.3 Å². The van der Waals surface area contributed by atoms with Gasteiger partial charge in [-0.15, -0.1) is 0 Å². The minimum atomic E-state index is -0.488. The lowest BCUT2D eigenvalue weighted by Crippen LogP contribution is -2.15. The second-order valence-corrected chi connectivity index (χ2v) is 6.36. The average Bonchev–Trinajstić information content (AvgIpc) is 2.98. The van der Waals surface area contributed by atoms with Gasteiger partial charge < -0.3 is 4.57 Å². The minimum absolute atomic E-state index is 0.0190. The number of aromatic nitrogens is 1. The number of carbonyl (C=O) groups excluding carboxylic acids is 1. The van der Waals surface area contributed by atoms with E-state index < -0.39 is 10.8 Å². The zero-order chi connectivity index (χ0) is 18.7. The molecule has 6 nitrogen and oxygen atoms in total. The van der Waals surface area contributed by atoms with Crippen molar-refractivity contribution in [3.63, 3.8) is 0 Å². The fraction of sp³-hybridized carbons (Fsp3) is 0.111. The molecular weight excluding hydrogens is 357 g/mol. The number of carbonyl (C=O) groups is 1. The predicted molar refractivity (Wildman–Crippen MR) is 98.1 cm³/mol. The molecular formula is C18H14FN3O3S. The smallest absolute Gasteiger partial charge is 0.272 e. The molecule has 0 N–H and O–H groups in total.